The lowest BCUT2D eigenvalue weighted by Crippen LogP contribution is -2.52. The van der Waals surface area contributed by atoms with Crippen molar-refractivity contribution in [2.45, 2.75) is 49.8 Å². The van der Waals surface area contributed by atoms with Gasteiger partial charge in [-0.3, -0.25) is 9.59 Å². The van der Waals surface area contributed by atoms with Gasteiger partial charge in [-0.25, -0.2) is 13.1 Å². The van der Waals surface area contributed by atoms with E-state index in [1.54, 1.807) is 6.92 Å². The van der Waals surface area contributed by atoms with E-state index in [1.165, 1.54) is 6.92 Å². The van der Waals surface area contributed by atoms with Crippen LogP contribution in [-0.4, -0.2) is 30.5 Å². The molecule has 0 radical (unpaired) electrons. The highest BCUT2D eigenvalue weighted by Gasteiger charge is 2.45. The Morgan fingerprint density at radius 1 is 1.48 bits per heavy atom. The van der Waals surface area contributed by atoms with E-state index in [4.69, 9.17) is 0 Å². The van der Waals surface area contributed by atoms with Gasteiger partial charge in [0.2, 0.25) is 0 Å². The Kier molecular flexibility index (Phi) is 4.27. The lowest BCUT2D eigenvalue weighted by Gasteiger charge is -2.37. The number of nitrogens with one attached hydrogen (secondary N) is 2. The van der Waals surface area contributed by atoms with Crippen molar-refractivity contribution in [3.8, 4) is 0 Å². The van der Waals surface area contributed by atoms with Crippen molar-refractivity contribution in [3.05, 3.63) is 15.4 Å². The number of thiazole rings is 1. The first kappa shape index (κ1) is 16.2. The Morgan fingerprint density at radius 3 is 2.67 bits per heavy atom. The second-order valence-electron chi connectivity index (χ2n) is 5.57. The van der Waals surface area contributed by atoms with E-state index < -0.39 is 32.3 Å². The number of hydrogen-bond donors (Lipinski definition) is 3. The molecule has 2 rings (SSSR count). The molecule has 1 aromatic heterocycles. The van der Waals surface area contributed by atoms with Crippen LogP contribution >= 0.6 is 11.3 Å². The topological polar surface area (TPSA) is 116 Å². The smallest absolute Gasteiger partial charge is 0.310 e. The molecule has 2 atom stereocenters. The van der Waals surface area contributed by atoms with Gasteiger partial charge in [0.1, 0.15) is 0 Å². The van der Waals surface area contributed by atoms with Gasteiger partial charge >= 0.3 is 10.8 Å². The van der Waals surface area contributed by atoms with Gasteiger partial charge in [0.15, 0.2) is 4.21 Å². The standard InChI is InChI=1S/C12H18N2O5S2/c1-7-9(20-11(17)13-7)21(18,19)14-8-5-3-4-6-12(8,2)10(15)16/h8,14H,3-6H2,1-2H3,(H,13,17)(H,15,16). The molecule has 1 aromatic rings. The minimum atomic E-state index is -3.90. The van der Waals surface area contributed by atoms with Crippen molar-refractivity contribution in [2.24, 2.45) is 5.41 Å². The first-order valence-corrected chi connectivity index (χ1v) is 8.92. The SMILES string of the molecule is Cc1[nH]c(=O)sc1S(=O)(=O)NC1CCCCC1(C)C(=O)O. The average molecular weight is 334 g/mol. The van der Waals surface area contributed by atoms with E-state index in [2.05, 4.69) is 9.71 Å². The molecular formula is C12H18N2O5S2. The van der Waals surface area contributed by atoms with Crippen LogP contribution in [0.2, 0.25) is 0 Å². The molecule has 0 aliphatic heterocycles. The Labute approximate surface area is 126 Å². The van der Waals surface area contributed by atoms with Crippen molar-refractivity contribution < 1.29 is 18.3 Å². The van der Waals surface area contributed by atoms with Crippen molar-refractivity contribution in [3.63, 3.8) is 0 Å². The highest BCUT2D eigenvalue weighted by Crippen LogP contribution is 2.37. The van der Waals surface area contributed by atoms with Gasteiger partial charge in [-0.05, 0) is 26.7 Å². The molecular weight excluding hydrogens is 316 g/mol. The van der Waals surface area contributed by atoms with Crippen LogP contribution in [0.1, 0.15) is 38.3 Å². The third-order valence-electron chi connectivity index (χ3n) is 4.02. The number of rotatable bonds is 4. The van der Waals surface area contributed by atoms with Crippen molar-refractivity contribution in [2.75, 3.05) is 0 Å². The zero-order valence-corrected chi connectivity index (χ0v) is 13.4. The van der Waals surface area contributed by atoms with Crippen LogP contribution in [0.4, 0.5) is 0 Å². The molecule has 3 N–H and O–H groups in total. The predicted octanol–water partition coefficient (Wildman–Crippen LogP) is 1.06. The van der Waals surface area contributed by atoms with Gasteiger partial charge in [0.25, 0.3) is 10.0 Å². The third-order valence-corrected chi connectivity index (χ3v) is 7.10. The molecule has 21 heavy (non-hydrogen) atoms. The summed E-state index contributed by atoms with van der Waals surface area (Å²) in [6, 6.07) is -0.676. The van der Waals surface area contributed by atoms with Crippen molar-refractivity contribution in [1.82, 2.24) is 9.71 Å². The highest BCUT2D eigenvalue weighted by molar-refractivity contribution is 7.91. The first-order valence-electron chi connectivity index (χ1n) is 6.62. The number of aryl methyl sites for hydroxylation is 1. The molecule has 0 bridgehead atoms. The fourth-order valence-electron chi connectivity index (χ4n) is 2.67. The van der Waals surface area contributed by atoms with Gasteiger partial charge in [0, 0.05) is 11.7 Å². The van der Waals surface area contributed by atoms with Gasteiger partial charge in [0.05, 0.1) is 5.41 Å². The van der Waals surface area contributed by atoms with E-state index in [0.29, 0.717) is 24.2 Å². The molecule has 1 fully saturated rings. The number of aliphatic carboxylic acids is 1. The summed E-state index contributed by atoms with van der Waals surface area (Å²) >= 11 is 0.609. The molecule has 1 aliphatic carbocycles. The van der Waals surface area contributed by atoms with E-state index in [0.717, 1.165) is 12.8 Å². The minimum absolute atomic E-state index is 0.0780. The number of aromatic nitrogens is 1. The number of sulfonamides is 1. The van der Waals surface area contributed by atoms with Gasteiger partial charge < -0.3 is 10.1 Å². The van der Waals surface area contributed by atoms with Crippen LogP contribution in [-0.2, 0) is 14.8 Å². The quantitative estimate of drug-likeness (QED) is 0.761. The summed E-state index contributed by atoms with van der Waals surface area (Å²) in [5.74, 6) is -1.01. The van der Waals surface area contributed by atoms with Crippen molar-refractivity contribution >= 4 is 27.3 Å². The Morgan fingerprint density at radius 2 is 2.14 bits per heavy atom. The summed E-state index contributed by atoms with van der Waals surface area (Å²) in [6.07, 6.45) is 2.44. The van der Waals surface area contributed by atoms with Gasteiger partial charge in [-0.1, -0.05) is 24.2 Å². The summed E-state index contributed by atoms with van der Waals surface area (Å²) in [7, 11) is -3.90. The lowest BCUT2D eigenvalue weighted by molar-refractivity contribution is -0.151. The number of carbonyl (C=O) groups is 1. The fourth-order valence-corrected chi connectivity index (χ4v) is 5.37. The van der Waals surface area contributed by atoms with Crippen LogP contribution in [0.5, 0.6) is 0 Å². The number of H-pyrrole nitrogens is 1. The fraction of sp³-hybridized carbons (Fsp3) is 0.667. The second-order valence-corrected chi connectivity index (χ2v) is 8.46. The third kappa shape index (κ3) is 3.04. The lowest BCUT2D eigenvalue weighted by atomic mass is 9.72. The van der Waals surface area contributed by atoms with Crippen LogP contribution < -0.4 is 9.60 Å². The molecule has 0 amide bonds. The maximum atomic E-state index is 12.4. The van der Waals surface area contributed by atoms with Gasteiger partial charge in [-0.2, -0.15) is 0 Å². The zero-order valence-electron chi connectivity index (χ0n) is 11.8. The summed E-state index contributed by atoms with van der Waals surface area (Å²) in [4.78, 5) is 24.7. The summed E-state index contributed by atoms with van der Waals surface area (Å²) in [6.45, 7) is 3.07. The minimum Gasteiger partial charge on any atom is -0.481 e. The monoisotopic (exact) mass is 334 g/mol. The normalized spacial score (nSPS) is 26.7. The average Bonchev–Trinajstić information content (AvgIpc) is 2.72. The Bertz CT molecular complexity index is 705. The zero-order chi connectivity index (χ0) is 15.8. The van der Waals surface area contributed by atoms with E-state index in [1.807, 2.05) is 0 Å². The maximum Gasteiger partial charge on any atom is 0.310 e. The second kappa shape index (κ2) is 5.54. The summed E-state index contributed by atoms with van der Waals surface area (Å²) < 4.78 is 27.2. The number of hydrogen-bond acceptors (Lipinski definition) is 5. The molecule has 0 spiro atoms. The van der Waals surface area contributed by atoms with Crippen molar-refractivity contribution in [1.29, 1.82) is 0 Å². The maximum absolute atomic E-state index is 12.4. The molecule has 1 saturated carbocycles. The molecule has 118 valence electrons. The number of carboxylic acid groups (broad SMARTS) is 1. The van der Waals surface area contributed by atoms with Crippen LogP contribution in [0.15, 0.2) is 9.00 Å². The van der Waals surface area contributed by atoms with Crippen LogP contribution in [0.25, 0.3) is 0 Å². The highest BCUT2D eigenvalue weighted by atomic mass is 32.2. The number of aromatic amines is 1. The van der Waals surface area contributed by atoms with E-state index in [9.17, 15) is 23.1 Å². The molecule has 1 aliphatic rings. The number of carboxylic acids is 1. The Balaban J connectivity index is 2.33. The van der Waals surface area contributed by atoms with E-state index >= 15 is 0 Å². The largest absolute Gasteiger partial charge is 0.481 e. The predicted molar refractivity (Wildman–Crippen MR) is 78.0 cm³/mol. The molecule has 0 saturated heterocycles. The Hall–Kier alpha value is -1.19. The first-order chi connectivity index (χ1) is 9.67. The molecule has 0 aromatic carbocycles. The summed E-state index contributed by atoms with van der Waals surface area (Å²) in [5, 5.41) is 9.41. The molecule has 2 unspecified atom stereocenters. The molecule has 7 nitrogen and oxygen atoms in total. The molecule has 9 heteroatoms. The molecule has 1 heterocycles. The van der Waals surface area contributed by atoms with E-state index in [-0.39, 0.29) is 9.90 Å². The van der Waals surface area contributed by atoms with Crippen LogP contribution in [0.3, 0.4) is 0 Å². The summed E-state index contributed by atoms with van der Waals surface area (Å²) in [5.41, 5.74) is -0.856. The van der Waals surface area contributed by atoms with Gasteiger partial charge in [-0.15, -0.1) is 0 Å². The van der Waals surface area contributed by atoms with Crippen LogP contribution in [0, 0.1) is 12.3 Å².